The molecule has 1 N–H and O–H groups in total. The van der Waals surface area contributed by atoms with Crippen molar-refractivity contribution in [2.24, 2.45) is 0 Å². The summed E-state index contributed by atoms with van der Waals surface area (Å²) < 4.78 is 0. The van der Waals surface area contributed by atoms with E-state index in [1.54, 1.807) is 0 Å². The lowest BCUT2D eigenvalue weighted by molar-refractivity contribution is 0.483. The lowest BCUT2D eigenvalue weighted by Gasteiger charge is -2.14. The molecule has 1 unspecified atom stereocenters. The third-order valence-corrected chi connectivity index (χ3v) is 4.23. The Balaban J connectivity index is 2.13. The zero-order valence-electron chi connectivity index (χ0n) is 12.7. The van der Waals surface area contributed by atoms with Crippen LogP contribution in [0.15, 0.2) is 18.2 Å². The molecule has 0 saturated carbocycles. The molecule has 0 aliphatic rings. The van der Waals surface area contributed by atoms with Crippen molar-refractivity contribution in [1.82, 2.24) is 5.32 Å². The zero-order chi connectivity index (χ0) is 14.8. The van der Waals surface area contributed by atoms with Gasteiger partial charge in [-0.1, -0.05) is 68.3 Å². The van der Waals surface area contributed by atoms with Crippen molar-refractivity contribution in [3.8, 4) is 0 Å². The van der Waals surface area contributed by atoms with E-state index in [-0.39, 0.29) is 0 Å². The third kappa shape index (κ3) is 7.52. The summed E-state index contributed by atoms with van der Waals surface area (Å²) in [5.41, 5.74) is 1.17. The number of nitrogens with one attached hydrogen (secondary N) is 1. The number of rotatable bonds is 10. The minimum Gasteiger partial charge on any atom is -0.314 e. The Hall–Kier alpha value is -0.240. The van der Waals surface area contributed by atoms with Gasteiger partial charge in [-0.2, -0.15) is 0 Å². The first-order valence-electron chi connectivity index (χ1n) is 7.80. The van der Waals surface area contributed by atoms with E-state index < -0.39 is 0 Å². The Bertz CT molecular complexity index is 379. The maximum absolute atomic E-state index is 6.16. The number of unbranched alkanes of at least 4 members (excludes halogenated alkanes) is 4. The molecular weight excluding hydrogens is 289 g/mol. The molecule has 1 atom stereocenters. The fourth-order valence-electron chi connectivity index (χ4n) is 2.33. The summed E-state index contributed by atoms with van der Waals surface area (Å²) in [4.78, 5) is 0. The second-order valence-corrected chi connectivity index (χ2v) is 6.39. The molecule has 1 rings (SSSR count). The second kappa shape index (κ2) is 10.5. The average molecular weight is 316 g/mol. The summed E-state index contributed by atoms with van der Waals surface area (Å²) in [6.07, 6.45) is 8.98. The molecule has 0 heterocycles. The van der Waals surface area contributed by atoms with E-state index in [1.165, 1.54) is 44.1 Å². The first kappa shape index (κ1) is 17.8. The Morgan fingerprint density at radius 1 is 1.10 bits per heavy atom. The molecule has 1 aromatic rings. The fraction of sp³-hybridized carbons (Fsp3) is 0.647. The van der Waals surface area contributed by atoms with Crippen molar-refractivity contribution in [2.45, 2.75) is 64.8 Å². The minimum atomic E-state index is 0.586. The SMILES string of the molecule is CCCCCCCC(C)NCCc1ccc(Cl)cc1Cl. The molecule has 0 aromatic heterocycles. The van der Waals surface area contributed by atoms with Crippen molar-refractivity contribution in [3.63, 3.8) is 0 Å². The second-order valence-electron chi connectivity index (χ2n) is 5.54. The maximum atomic E-state index is 6.16. The zero-order valence-corrected chi connectivity index (χ0v) is 14.2. The van der Waals surface area contributed by atoms with Gasteiger partial charge in [0.25, 0.3) is 0 Å². The summed E-state index contributed by atoms with van der Waals surface area (Å²) in [6.45, 7) is 5.49. The lowest BCUT2D eigenvalue weighted by atomic mass is 10.1. The van der Waals surface area contributed by atoms with Crippen LogP contribution in [0.3, 0.4) is 0 Å². The maximum Gasteiger partial charge on any atom is 0.0453 e. The van der Waals surface area contributed by atoms with Crippen molar-refractivity contribution in [3.05, 3.63) is 33.8 Å². The quantitative estimate of drug-likeness (QED) is 0.532. The molecule has 0 aliphatic heterocycles. The summed E-state index contributed by atoms with van der Waals surface area (Å²) in [5, 5.41) is 5.04. The Morgan fingerprint density at radius 3 is 2.55 bits per heavy atom. The van der Waals surface area contributed by atoms with Crippen molar-refractivity contribution < 1.29 is 0 Å². The molecule has 0 aliphatic carbocycles. The van der Waals surface area contributed by atoms with Crippen LogP contribution in [0.5, 0.6) is 0 Å². The number of halogens is 2. The third-order valence-electron chi connectivity index (χ3n) is 3.64. The molecule has 1 nitrogen and oxygen atoms in total. The summed E-state index contributed by atoms with van der Waals surface area (Å²) in [6, 6.07) is 6.32. The Morgan fingerprint density at radius 2 is 1.85 bits per heavy atom. The monoisotopic (exact) mass is 315 g/mol. The van der Waals surface area contributed by atoms with Crippen LogP contribution >= 0.6 is 23.2 Å². The molecule has 0 spiro atoms. The van der Waals surface area contributed by atoms with Gasteiger partial charge in [0.15, 0.2) is 0 Å². The highest BCUT2D eigenvalue weighted by Crippen LogP contribution is 2.21. The van der Waals surface area contributed by atoms with Crippen molar-refractivity contribution in [2.75, 3.05) is 6.54 Å². The molecule has 0 saturated heterocycles. The van der Waals surface area contributed by atoms with E-state index >= 15 is 0 Å². The average Bonchev–Trinajstić information content (AvgIpc) is 2.41. The van der Waals surface area contributed by atoms with Crippen LogP contribution in [0.25, 0.3) is 0 Å². The number of benzene rings is 1. The van der Waals surface area contributed by atoms with Gasteiger partial charge in [0.1, 0.15) is 0 Å². The van der Waals surface area contributed by atoms with Gasteiger partial charge in [-0.15, -0.1) is 0 Å². The van der Waals surface area contributed by atoms with Gasteiger partial charge in [-0.05, 0) is 44.0 Å². The fourth-order valence-corrected chi connectivity index (χ4v) is 2.84. The Kier molecular flexibility index (Phi) is 9.33. The highest BCUT2D eigenvalue weighted by Gasteiger charge is 2.04. The van der Waals surface area contributed by atoms with E-state index in [9.17, 15) is 0 Å². The highest BCUT2D eigenvalue weighted by molar-refractivity contribution is 6.35. The summed E-state index contributed by atoms with van der Waals surface area (Å²) in [5.74, 6) is 0. The van der Waals surface area contributed by atoms with E-state index in [0.29, 0.717) is 11.1 Å². The smallest absolute Gasteiger partial charge is 0.0453 e. The standard InChI is InChI=1S/C17H27Cl2N/c1-3-4-5-6-7-8-14(2)20-12-11-15-9-10-16(18)13-17(15)19/h9-10,13-14,20H,3-8,11-12H2,1-2H3. The van der Waals surface area contributed by atoms with Crippen LogP contribution in [-0.4, -0.2) is 12.6 Å². The first-order valence-corrected chi connectivity index (χ1v) is 8.56. The van der Waals surface area contributed by atoms with Crippen LogP contribution < -0.4 is 5.32 Å². The Labute approximate surface area is 134 Å². The predicted molar refractivity (Wildman–Crippen MR) is 91.0 cm³/mol. The van der Waals surface area contributed by atoms with Crippen LogP contribution in [0, 0.1) is 0 Å². The van der Waals surface area contributed by atoms with Gasteiger partial charge < -0.3 is 5.32 Å². The van der Waals surface area contributed by atoms with Gasteiger partial charge in [0, 0.05) is 16.1 Å². The van der Waals surface area contributed by atoms with Gasteiger partial charge in [0.2, 0.25) is 0 Å². The van der Waals surface area contributed by atoms with Crippen LogP contribution in [0.2, 0.25) is 10.0 Å². The first-order chi connectivity index (χ1) is 9.63. The summed E-state index contributed by atoms with van der Waals surface area (Å²) >= 11 is 12.1. The van der Waals surface area contributed by atoms with Crippen molar-refractivity contribution in [1.29, 1.82) is 0 Å². The largest absolute Gasteiger partial charge is 0.314 e. The normalized spacial score (nSPS) is 12.6. The lowest BCUT2D eigenvalue weighted by Crippen LogP contribution is -2.28. The van der Waals surface area contributed by atoms with Gasteiger partial charge >= 0.3 is 0 Å². The molecule has 0 fully saturated rings. The van der Waals surface area contributed by atoms with Crippen LogP contribution in [0.4, 0.5) is 0 Å². The molecule has 0 radical (unpaired) electrons. The van der Waals surface area contributed by atoms with E-state index in [1.807, 2.05) is 18.2 Å². The van der Waals surface area contributed by atoms with E-state index in [2.05, 4.69) is 19.2 Å². The number of hydrogen-bond acceptors (Lipinski definition) is 1. The molecular formula is C17H27Cl2N. The molecule has 0 bridgehead atoms. The molecule has 0 amide bonds. The van der Waals surface area contributed by atoms with E-state index in [4.69, 9.17) is 23.2 Å². The van der Waals surface area contributed by atoms with Crippen LogP contribution in [0.1, 0.15) is 57.9 Å². The number of hydrogen-bond donors (Lipinski definition) is 1. The minimum absolute atomic E-state index is 0.586. The molecule has 3 heteroatoms. The van der Waals surface area contributed by atoms with Gasteiger partial charge in [-0.25, -0.2) is 0 Å². The predicted octanol–water partition coefficient (Wildman–Crippen LogP) is 5.87. The molecule has 114 valence electrons. The summed E-state index contributed by atoms with van der Waals surface area (Å²) in [7, 11) is 0. The molecule has 1 aromatic carbocycles. The van der Waals surface area contributed by atoms with Crippen molar-refractivity contribution >= 4 is 23.2 Å². The van der Waals surface area contributed by atoms with Gasteiger partial charge in [-0.3, -0.25) is 0 Å². The van der Waals surface area contributed by atoms with Gasteiger partial charge in [0.05, 0.1) is 0 Å². The highest BCUT2D eigenvalue weighted by atomic mass is 35.5. The topological polar surface area (TPSA) is 12.0 Å². The molecule has 20 heavy (non-hydrogen) atoms. The van der Waals surface area contributed by atoms with E-state index in [0.717, 1.165) is 18.0 Å². The van der Waals surface area contributed by atoms with Crippen LogP contribution in [-0.2, 0) is 6.42 Å².